The van der Waals surface area contributed by atoms with Crippen LogP contribution in [0.4, 0.5) is 0 Å². The molecule has 2 aromatic heterocycles. The molecule has 0 fully saturated rings. The summed E-state index contributed by atoms with van der Waals surface area (Å²) < 4.78 is 1.20. The largest absolute Gasteiger partial charge is 0.245 e. The molecule has 3 nitrogen and oxygen atoms in total. The number of para-hydroxylation sites is 1. The van der Waals surface area contributed by atoms with Crippen LogP contribution in [0.5, 0.6) is 0 Å². The van der Waals surface area contributed by atoms with Gasteiger partial charge in [0.05, 0.1) is 21.5 Å². The first-order chi connectivity index (χ1) is 10.6. The topological polar surface area (TPSA) is 49.6 Å². The number of fused-ring (bicyclic) bond motifs is 1. The zero-order chi connectivity index (χ0) is 15.7. The Morgan fingerprint density at radius 2 is 1.91 bits per heavy atom. The number of hydrogen-bond acceptors (Lipinski definition) is 5. The number of aryl methyl sites for hydroxylation is 1. The van der Waals surface area contributed by atoms with Crippen LogP contribution in [0.2, 0.25) is 0 Å². The maximum Gasteiger partial charge on any atom is 0.115 e. The Morgan fingerprint density at radius 1 is 1.14 bits per heavy atom. The van der Waals surface area contributed by atoms with Gasteiger partial charge in [0.15, 0.2) is 0 Å². The molecule has 0 N–H and O–H groups in total. The third kappa shape index (κ3) is 2.72. The van der Waals surface area contributed by atoms with Gasteiger partial charge in [0.25, 0.3) is 0 Å². The van der Waals surface area contributed by atoms with E-state index >= 15 is 0 Å². The number of rotatable bonds is 3. The van der Waals surface area contributed by atoms with Crippen LogP contribution in [0.15, 0.2) is 29.3 Å². The van der Waals surface area contributed by atoms with E-state index in [1.54, 1.807) is 23.1 Å². The maximum absolute atomic E-state index is 9.41. The predicted molar refractivity (Wildman–Crippen MR) is 92.3 cm³/mol. The highest BCUT2D eigenvalue weighted by Gasteiger charge is 2.13. The van der Waals surface area contributed by atoms with Gasteiger partial charge in [-0.15, -0.1) is 11.3 Å². The van der Waals surface area contributed by atoms with Gasteiger partial charge in [0.1, 0.15) is 16.1 Å². The summed E-state index contributed by atoms with van der Waals surface area (Å²) in [5, 5.41) is 11.3. The minimum Gasteiger partial charge on any atom is -0.245 e. The molecule has 0 bridgehead atoms. The fraction of sp³-hybridized carbons (Fsp3) is 0.235. The van der Waals surface area contributed by atoms with Gasteiger partial charge < -0.3 is 0 Å². The van der Waals surface area contributed by atoms with E-state index in [1.807, 2.05) is 39.0 Å². The van der Waals surface area contributed by atoms with Crippen molar-refractivity contribution < 1.29 is 0 Å². The third-order valence-corrected chi connectivity index (χ3v) is 5.95. The zero-order valence-corrected chi connectivity index (χ0v) is 14.3. The molecule has 5 heteroatoms. The van der Waals surface area contributed by atoms with E-state index in [2.05, 4.69) is 22.1 Å². The SMILES string of the molecule is Cc1nc(SCc2nc3ccccc3s2)c(C#N)c(C)c1C. The maximum atomic E-state index is 9.41. The van der Waals surface area contributed by atoms with E-state index < -0.39 is 0 Å². The first-order valence-corrected chi connectivity index (χ1v) is 8.75. The van der Waals surface area contributed by atoms with E-state index in [9.17, 15) is 5.26 Å². The van der Waals surface area contributed by atoms with E-state index in [0.29, 0.717) is 5.56 Å². The molecule has 0 aliphatic carbocycles. The Balaban J connectivity index is 1.89. The molecule has 22 heavy (non-hydrogen) atoms. The van der Waals surface area contributed by atoms with Gasteiger partial charge in [0.2, 0.25) is 0 Å². The molecule has 0 unspecified atom stereocenters. The molecular formula is C17H15N3S2. The molecule has 3 aromatic rings. The van der Waals surface area contributed by atoms with Crippen LogP contribution in [0.3, 0.4) is 0 Å². The summed E-state index contributed by atoms with van der Waals surface area (Å²) in [5.74, 6) is 0.739. The molecule has 3 rings (SSSR count). The van der Waals surface area contributed by atoms with Crippen molar-refractivity contribution in [3.05, 3.63) is 51.7 Å². The van der Waals surface area contributed by atoms with E-state index in [0.717, 1.165) is 38.1 Å². The normalized spacial score (nSPS) is 10.8. The number of benzene rings is 1. The van der Waals surface area contributed by atoms with Gasteiger partial charge in [-0.2, -0.15) is 5.26 Å². The number of thiazole rings is 1. The Labute approximate surface area is 138 Å². The molecule has 0 saturated carbocycles. The molecule has 2 heterocycles. The lowest BCUT2D eigenvalue weighted by atomic mass is 10.1. The molecule has 0 spiro atoms. The molecular weight excluding hydrogens is 310 g/mol. The number of pyridine rings is 1. The van der Waals surface area contributed by atoms with Crippen molar-refractivity contribution in [3.63, 3.8) is 0 Å². The fourth-order valence-electron chi connectivity index (χ4n) is 2.26. The number of nitriles is 1. The van der Waals surface area contributed by atoms with Crippen LogP contribution in [0.1, 0.15) is 27.4 Å². The third-order valence-electron chi connectivity index (χ3n) is 3.75. The fourth-order valence-corrected chi connectivity index (χ4v) is 4.30. The quantitative estimate of drug-likeness (QED) is 0.650. The lowest BCUT2D eigenvalue weighted by Gasteiger charge is -2.10. The van der Waals surface area contributed by atoms with Gasteiger partial charge in [0, 0.05) is 5.69 Å². The first kappa shape index (κ1) is 15.0. The van der Waals surface area contributed by atoms with Crippen LogP contribution in [-0.4, -0.2) is 9.97 Å². The van der Waals surface area contributed by atoms with Crippen molar-refractivity contribution in [1.29, 1.82) is 5.26 Å². The van der Waals surface area contributed by atoms with E-state index in [1.165, 1.54) is 4.70 Å². The Morgan fingerprint density at radius 3 is 2.64 bits per heavy atom. The zero-order valence-electron chi connectivity index (χ0n) is 12.7. The lowest BCUT2D eigenvalue weighted by molar-refractivity contribution is 0.998. The average molecular weight is 325 g/mol. The molecule has 0 aliphatic rings. The number of hydrogen-bond donors (Lipinski definition) is 0. The Hall–Kier alpha value is -1.90. The highest BCUT2D eigenvalue weighted by atomic mass is 32.2. The van der Waals surface area contributed by atoms with Gasteiger partial charge >= 0.3 is 0 Å². The second-order valence-electron chi connectivity index (χ2n) is 5.10. The van der Waals surface area contributed by atoms with Crippen LogP contribution >= 0.6 is 23.1 Å². The van der Waals surface area contributed by atoms with Crippen molar-refractivity contribution >= 4 is 33.3 Å². The summed E-state index contributed by atoms with van der Waals surface area (Å²) in [5.41, 5.74) is 4.84. The minimum atomic E-state index is 0.689. The summed E-state index contributed by atoms with van der Waals surface area (Å²) in [7, 11) is 0. The summed E-state index contributed by atoms with van der Waals surface area (Å²) in [6.45, 7) is 6.00. The molecule has 0 amide bonds. The molecule has 110 valence electrons. The van der Waals surface area contributed by atoms with Crippen LogP contribution in [-0.2, 0) is 5.75 Å². The Kier molecular flexibility index (Phi) is 4.14. The van der Waals surface area contributed by atoms with Crippen LogP contribution < -0.4 is 0 Å². The minimum absolute atomic E-state index is 0.689. The van der Waals surface area contributed by atoms with Gasteiger partial charge in [-0.3, -0.25) is 0 Å². The highest BCUT2D eigenvalue weighted by molar-refractivity contribution is 7.98. The lowest BCUT2D eigenvalue weighted by Crippen LogP contribution is -1.99. The van der Waals surface area contributed by atoms with Crippen molar-refractivity contribution in [2.24, 2.45) is 0 Å². The summed E-state index contributed by atoms with van der Waals surface area (Å²) in [6, 6.07) is 10.4. The van der Waals surface area contributed by atoms with E-state index in [4.69, 9.17) is 0 Å². The van der Waals surface area contributed by atoms with Gasteiger partial charge in [-0.25, -0.2) is 9.97 Å². The second-order valence-corrected chi connectivity index (χ2v) is 7.18. The second kappa shape index (κ2) is 6.07. The smallest absolute Gasteiger partial charge is 0.115 e. The predicted octanol–water partition coefficient (Wildman–Crippen LogP) is 4.78. The number of thioether (sulfide) groups is 1. The summed E-state index contributed by atoms with van der Waals surface area (Å²) >= 11 is 3.29. The molecule has 1 aromatic carbocycles. The number of nitrogens with zero attached hydrogens (tertiary/aromatic N) is 3. The summed E-state index contributed by atoms with van der Waals surface area (Å²) in [6.07, 6.45) is 0. The first-order valence-electron chi connectivity index (χ1n) is 6.95. The highest BCUT2D eigenvalue weighted by Crippen LogP contribution is 2.31. The van der Waals surface area contributed by atoms with Gasteiger partial charge in [-0.05, 0) is 44.0 Å². The number of aromatic nitrogens is 2. The van der Waals surface area contributed by atoms with Gasteiger partial charge in [-0.1, -0.05) is 23.9 Å². The molecule has 0 radical (unpaired) electrons. The standard InChI is InChI=1S/C17H15N3S2/c1-10-11(2)13(8-18)17(19-12(10)3)21-9-16-20-14-6-4-5-7-15(14)22-16/h4-7H,9H2,1-3H3. The van der Waals surface area contributed by atoms with Crippen LogP contribution in [0.25, 0.3) is 10.2 Å². The molecule has 0 saturated heterocycles. The van der Waals surface area contributed by atoms with Crippen molar-refractivity contribution in [3.8, 4) is 6.07 Å². The monoisotopic (exact) mass is 325 g/mol. The van der Waals surface area contributed by atoms with Crippen molar-refractivity contribution in [2.45, 2.75) is 31.6 Å². The van der Waals surface area contributed by atoms with Crippen LogP contribution in [0, 0.1) is 32.1 Å². The van der Waals surface area contributed by atoms with Crippen molar-refractivity contribution in [2.75, 3.05) is 0 Å². The Bertz CT molecular complexity index is 858. The average Bonchev–Trinajstić information content (AvgIpc) is 2.93. The summed E-state index contributed by atoms with van der Waals surface area (Å²) in [4.78, 5) is 9.22. The van der Waals surface area contributed by atoms with Crippen molar-refractivity contribution in [1.82, 2.24) is 9.97 Å². The molecule has 0 atom stereocenters. The molecule has 0 aliphatic heterocycles. The van der Waals surface area contributed by atoms with E-state index in [-0.39, 0.29) is 0 Å².